The minimum atomic E-state index is 0.774. The fraction of sp³-hybridized carbons (Fsp3) is 0.579. The van der Waals surface area contributed by atoms with E-state index in [4.69, 9.17) is 0 Å². The summed E-state index contributed by atoms with van der Waals surface area (Å²) in [6.07, 6.45) is 8.17. The molecule has 0 bridgehead atoms. The van der Waals surface area contributed by atoms with Crippen LogP contribution in [0.15, 0.2) is 29.5 Å². The van der Waals surface area contributed by atoms with Crippen molar-refractivity contribution in [2.24, 2.45) is 5.92 Å². The number of anilines is 2. The van der Waals surface area contributed by atoms with Crippen LogP contribution >= 0.6 is 0 Å². The monoisotopic (exact) mass is 282 g/mol. The van der Waals surface area contributed by atoms with Crippen LogP contribution in [0.2, 0.25) is 0 Å². The highest BCUT2D eigenvalue weighted by atomic mass is 15.1. The number of nitrogens with one attached hydrogen (secondary N) is 1. The average molecular weight is 282 g/mol. The number of hydrogen-bond acceptors (Lipinski definition) is 2. The quantitative estimate of drug-likeness (QED) is 0.830. The van der Waals surface area contributed by atoms with Crippen LogP contribution in [0.1, 0.15) is 56.9 Å². The number of hydrogen-bond donors (Lipinski definition) is 1. The Kier molecular flexibility index (Phi) is 3.20. The lowest BCUT2D eigenvalue weighted by Crippen LogP contribution is -2.26. The second-order valence-corrected chi connectivity index (χ2v) is 6.78. The lowest BCUT2D eigenvalue weighted by atomic mass is 9.67. The maximum Gasteiger partial charge on any atom is 0.0464 e. The van der Waals surface area contributed by atoms with E-state index in [0.29, 0.717) is 0 Å². The van der Waals surface area contributed by atoms with Crippen molar-refractivity contribution in [1.82, 2.24) is 0 Å². The van der Waals surface area contributed by atoms with Crippen molar-refractivity contribution >= 4 is 11.4 Å². The Morgan fingerprint density at radius 2 is 2.10 bits per heavy atom. The van der Waals surface area contributed by atoms with Gasteiger partial charge in [-0.2, -0.15) is 0 Å². The summed E-state index contributed by atoms with van der Waals surface area (Å²) in [6, 6.07) is 6.82. The van der Waals surface area contributed by atoms with E-state index in [1.165, 1.54) is 49.9 Å². The van der Waals surface area contributed by atoms with Crippen molar-refractivity contribution in [2.45, 2.75) is 51.4 Å². The fourth-order valence-electron chi connectivity index (χ4n) is 4.43. The Morgan fingerprint density at radius 3 is 2.67 bits per heavy atom. The van der Waals surface area contributed by atoms with Gasteiger partial charge in [0.15, 0.2) is 0 Å². The Bertz CT molecular complexity index is 581. The molecular weight excluding hydrogens is 256 g/mol. The molecule has 0 radical (unpaired) electrons. The highest BCUT2D eigenvalue weighted by molar-refractivity contribution is 5.72. The number of nitrogens with zero attached hydrogens (tertiary/aromatic N) is 1. The van der Waals surface area contributed by atoms with E-state index >= 15 is 0 Å². The predicted molar refractivity (Wildman–Crippen MR) is 90.0 cm³/mol. The number of rotatable bonds is 2. The van der Waals surface area contributed by atoms with E-state index in [0.717, 1.165) is 18.4 Å². The van der Waals surface area contributed by atoms with Crippen LogP contribution < -0.4 is 10.2 Å². The molecule has 112 valence electrons. The summed E-state index contributed by atoms with van der Waals surface area (Å²) in [5, 5.41) is 3.44. The van der Waals surface area contributed by atoms with E-state index < -0.39 is 0 Å². The van der Waals surface area contributed by atoms with Crippen LogP contribution in [0.3, 0.4) is 0 Å². The molecule has 1 N–H and O–H groups in total. The molecule has 2 saturated carbocycles. The number of allylic oxidation sites excluding steroid dienone is 2. The summed E-state index contributed by atoms with van der Waals surface area (Å²) in [4.78, 5) is 2.63. The topological polar surface area (TPSA) is 15.3 Å². The molecule has 2 unspecified atom stereocenters. The van der Waals surface area contributed by atoms with Gasteiger partial charge < -0.3 is 10.2 Å². The molecule has 2 aliphatic carbocycles. The van der Waals surface area contributed by atoms with Gasteiger partial charge in [0.25, 0.3) is 0 Å². The molecule has 21 heavy (non-hydrogen) atoms. The zero-order valence-corrected chi connectivity index (χ0v) is 13.3. The third kappa shape index (κ3) is 1.91. The molecule has 2 atom stereocenters. The van der Waals surface area contributed by atoms with Gasteiger partial charge in [-0.25, -0.2) is 0 Å². The van der Waals surface area contributed by atoms with Gasteiger partial charge in [0.05, 0.1) is 0 Å². The van der Waals surface area contributed by atoms with Gasteiger partial charge in [0, 0.05) is 36.2 Å². The highest BCUT2D eigenvalue weighted by Crippen LogP contribution is 2.55. The van der Waals surface area contributed by atoms with Crippen molar-refractivity contribution < 1.29 is 0 Å². The van der Waals surface area contributed by atoms with Crippen LogP contribution in [0.4, 0.5) is 11.4 Å². The highest BCUT2D eigenvalue weighted by Gasteiger charge is 2.40. The second kappa shape index (κ2) is 5.08. The molecule has 2 nitrogen and oxygen atoms in total. The third-order valence-electron chi connectivity index (χ3n) is 5.89. The lowest BCUT2D eigenvalue weighted by molar-refractivity contribution is 0.256. The van der Waals surface area contributed by atoms with E-state index in [1.807, 2.05) is 0 Å². The molecular formula is C19H26N2. The first-order valence-electron chi connectivity index (χ1n) is 8.62. The van der Waals surface area contributed by atoms with Crippen molar-refractivity contribution in [3.8, 4) is 0 Å². The Labute approximate surface area is 128 Å². The molecule has 0 spiro atoms. The van der Waals surface area contributed by atoms with Gasteiger partial charge in [-0.15, -0.1) is 0 Å². The van der Waals surface area contributed by atoms with Crippen molar-refractivity contribution in [3.05, 3.63) is 35.0 Å². The van der Waals surface area contributed by atoms with Gasteiger partial charge >= 0.3 is 0 Å². The van der Waals surface area contributed by atoms with E-state index in [9.17, 15) is 0 Å². The maximum atomic E-state index is 3.44. The second-order valence-electron chi connectivity index (χ2n) is 6.78. The molecule has 3 aliphatic rings. The summed E-state index contributed by atoms with van der Waals surface area (Å²) in [5.41, 5.74) is 7.83. The first-order valence-corrected chi connectivity index (χ1v) is 8.62. The molecule has 2 heteroatoms. The van der Waals surface area contributed by atoms with E-state index in [1.54, 1.807) is 16.8 Å². The van der Waals surface area contributed by atoms with E-state index in [2.05, 4.69) is 42.4 Å². The minimum Gasteiger partial charge on any atom is -0.388 e. The summed E-state index contributed by atoms with van der Waals surface area (Å²) in [6.45, 7) is 3.40. The molecule has 0 aromatic heterocycles. The van der Waals surface area contributed by atoms with Gasteiger partial charge in [0.2, 0.25) is 0 Å². The summed E-state index contributed by atoms with van der Waals surface area (Å²) in [7, 11) is 2.07. The Balaban J connectivity index is 1.88. The normalized spacial score (nSPS) is 27.2. The standard InChI is InChI=1S/C19H26N2/c1-3-21-17-9-5-8-16(20-2)19(17)15-11-10-14(15)12-18(21)13-6-4-7-13/h5,8-9,14-15,20H,3-4,6-7,10-12H2,1-2H3. The summed E-state index contributed by atoms with van der Waals surface area (Å²) >= 11 is 0. The van der Waals surface area contributed by atoms with Crippen LogP contribution in [0.25, 0.3) is 0 Å². The zero-order valence-electron chi connectivity index (χ0n) is 13.3. The van der Waals surface area contributed by atoms with Gasteiger partial charge in [0.1, 0.15) is 0 Å². The molecule has 2 fully saturated rings. The van der Waals surface area contributed by atoms with Gasteiger partial charge in [-0.3, -0.25) is 0 Å². The fourth-order valence-corrected chi connectivity index (χ4v) is 4.43. The smallest absolute Gasteiger partial charge is 0.0464 e. The molecule has 1 aliphatic heterocycles. The number of benzene rings is 1. The molecule has 4 rings (SSSR count). The largest absolute Gasteiger partial charge is 0.388 e. The first kappa shape index (κ1) is 13.2. The predicted octanol–water partition coefficient (Wildman–Crippen LogP) is 4.89. The third-order valence-corrected chi connectivity index (χ3v) is 5.89. The molecule has 0 amide bonds. The van der Waals surface area contributed by atoms with Gasteiger partial charge in [-0.05, 0) is 69.4 Å². The molecule has 1 aromatic rings. The van der Waals surface area contributed by atoms with Gasteiger partial charge in [-0.1, -0.05) is 11.6 Å². The Morgan fingerprint density at radius 1 is 1.24 bits per heavy atom. The van der Waals surface area contributed by atoms with Crippen LogP contribution in [-0.4, -0.2) is 13.6 Å². The lowest BCUT2D eigenvalue weighted by Gasteiger charge is -2.37. The molecule has 1 aromatic carbocycles. The van der Waals surface area contributed by atoms with Crippen LogP contribution in [0.5, 0.6) is 0 Å². The zero-order chi connectivity index (χ0) is 14.4. The molecule has 1 heterocycles. The van der Waals surface area contributed by atoms with Crippen LogP contribution in [0, 0.1) is 5.92 Å². The summed E-state index contributed by atoms with van der Waals surface area (Å²) < 4.78 is 0. The average Bonchev–Trinajstić information content (AvgIpc) is 2.51. The summed E-state index contributed by atoms with van der Waals surface area (Å²) in [5.74, 6) is 1.65. The maximum absolute atomic E-state index is 3.44. The number of fused-ring (bicyclic) bond motifs is 3. The minimum absolute atomic E-state index is 0.774. The van der Waals surface area contributed by atoms with E-state index in [-0.39, 0.29) is 0 Å². The molecule has 0 saturated heterocycles. The van der Waals surface area contributed by atoms with Crippen molar-refractivity contribution in [3.63, 3.8) is 0 Å². The SMILES string of the molecule is CCN1C(=C2CCC2)CC2CCC2c2c(NC)cccc21. The van der Waals surface area contributed by atoms with Crippen molar-refractivity contribution in [1.29, 1.82) is 0 Å². The van der Waals surface area contributed by atoms with Crippen molar-refractivity contribution in [2.75, 3.05) is 23.8 Å². The Hall–Kier alpha value is -1.44. The first-order chi connectivity index (χ1) is 10.3. The van der Waals surface area contributed by atoms with Crippen LogP contribution in [-0.2, 0) is 0 Å².